The van der Waals surface area contributed by atoms with Crippen molar-refractivity contribution >= 4 is 37.7 Å². The van der Waals surface area contributed by atoms with Crippen molar-refractivity contribution in [3.05, 3.63) is 150 Å². The summed E-state index contributed by atoms with van der Waals surface area (Å²) in [5.74, 6) is 0. The van der Waals surface area contributed by atoms with Gasteiger partial charge in [-0.3, -0.25) is 0 Å². The van der Waals surface area contributed by atoms with E-state index in [4.69, 9.17) is 0 Å². The second-order valence-corrected chi connectivity index (χ2v) is 10.4. The monoisotopic (exact) mass is 549 g/mol. The second kappa shape index (κ2) is 9.48. The number of nitrogens with zero attached hydrogens (tertiary/aromatic N) is 1. The van der Waals surface area contributed by atoms with Crippen LogP contribution in [0.15, 0.2) is 150 Å². The van der Waals surface area contributed by atoms with Gasteiger partial charge in [0.2, 0.25) is 0 Å². The highest BCUT2D eigenvalue weighted by Crippen LogP contribution is 2.37. The fourth-order valence-corrected chi connectivity index (χ4v) is 5.94. The highest BCUT2D eigenvalue weighted by molar-refractivity contribution is 9.10. The average Bonchev–Trinajstić information content (AvgIpc) is 3.32. The van der Waals surface area contributed by atoms with E-state index in [0.29, 0.717) is 0 Å². The quantitative estimate of drug-likeness (QED) is 0.205. The van der Waals surface area contributed by atoms with Crippen molar-refractivity contribution in [3.8, 4) is 39.1 Å². The van der Waals surface area contributed by atoms with E-state index in [9.17, 15) is 0 Å². The third kappa shape index (κ3) is 3.95. The molecule has 0 spiro atoms. The van der Waals surface area contributed by atoms with E-state index < -0.39 is 0 Å². The molecule has 6 aromatic carbocycles. The van der Waals surface area contributed by atoms with E-state index in [0.717, 1.165) is 4.47 Å². The summed E-state index contributed by atoms with van der Waals surface area (Å²) in [6, 6.07) is 52.1. The lowest BCUT2D eigenvalue weighted by Crippen LogP contribution is -1.93. The number of aromatic nitrogens is 1. The Morgan fingerprint density at radius 1 is 0.395 bits per heavy atom. The summed E-state index contributed by atoms with van der Waals surface area (Å²) >= 11 is 3.71. The Labute approximate surface area is 230 Å². The minimum atomic E-state index is 1.11. The first-order valence-corrected chi connectivity index (χ1v) is 13.6. The van der Waals surface area contributed by atoms with Gasteiger partial charge in [0, 0.05) is 20.9 Å². The van der Waals surface area contributed by atoms with Gasteiger partial charge in [-0.15, -0.1) is 0 Å². The van der Waals surface area contributed by atoms with Crippen molar-refractivity contribution in [1.82, 2.24) is 4.57 Å². The molecule has 7 rings (SSSR count). The molecule has 0 saturated carbocycles. The van der Waals surface area contributed by atoms with E-state index in [2.05, 4.69) is 166 Å². The van der Waals surface area contributed by atoms with Crippen LogP contribution in [0.5, 0.6) is 0 Å². The molecule has 1 nitrogen and oxygen atoms in total. The first-order chi connectivity index (χ1) is 18.8. The molecule has 0 bridgehead atoms. The van der Waals surface area contributed by atoms with Crippen molar-refractivity contribution in [3.63, 3.8) is 0 Å². The van der Waals surface area contributed by atoms with E-state index in [1.165, 1.54) is 60.9 Å². The molecule has 180 valence electrons. The van der Waals surface area contributed by atoms with Gasteiger partial charge in [0.05, 0.1) is 11.0 Å². The van der Waals surface area contributed by atoms with Gasteiger partial charge in [0.25, 0.3) is 0 Å². The van der Waals surface area contributed by atoms with Crippen molar-refractivity contribution in [2.24, 2.45) is 0 Å². The molecular formula is C36H24BrN. The number of hydrogen-bond acceptors (Lipinski definition) is 0. The van der Waals surface area contributed by atoms with Crippen LogP contribution in [0.25, 0.3) is 60.9 Å². The van der Waals surface area contributed by atoms with Crippen LogP contribution < -0.4 is 0 Å². The first kappa shape index (κ1) is 22.8. The molecule has 0 aliphatic heterocycles. The first-order valence-electron chi connectivity index (χ1n) is 12.8. The summed E-state index contributed by atoms with van der Waals surface area (Å²) < 4.78 is 3.48. The molecule has 7 aromatic rings. The van der Waals surface area contributed by atoms with Crippen molar-refractivity contribution in [2.45, 2.75) is 0 Å². The molecule has 0 fully saturated rings. The van der Waals surface area contributed by atoms with E-state index in [1.807, 2.05) is 0 Å². The summed E-state index contributed by atoms with van der Waals surface area (Å²) in [6.07, 6.45) is 0. The molecule has 0 atom stereocenters. The van der Waals surface area contributed by atoms with Gasteiger partial charge in [-0.05, 0) is 75.8 Å². The Morgan fingerprint density at radius 2 is 1.00 bits per heavy atom. The van der Waals surface area contributed by atoms with Crippen LogP contribution in [0, 0.1) is 0 Å². The lowest BCUT2D eigenvalue weighted by atomic mass is 9.98. The third-order valence-corrected chi connectivity index (χ3v) is 7.98. The standard InChI is InChI=1S/C36H24BrN/c37-34-15-6-4-13-31(34)29-12-8-11-27(23-29)28-19-22-36-33(24-28)32-14-5-7-16-35(32)38(36)30-20-17-26(18-21-30)25-9-2-1-3-10-25/h1-24H. The van der Waals surface area contributed by atoms with Gasteiger partial charge >= 0.3 is 0 Å². The number of hydrogen-bond donors (Lipinski definition) is 0. The summed E-state index contributed by atoms with van der Waals surface area (Å²) in [4.78, 5) is 0. The van der Waals surface area contributed by atoms with Crippen molar-refractivity contribution < 1.29 is 0 Å². The number of benzene rings is 6. The molecule has 1 heterocycles. The van der Waals surface area contributed by atoms with Gasteiger partial charge in [-0.2, -0.15) is 0 Å². The lowest BCUT2D eigenvalue weighted by molar-refractivity contribution is 1.18. The minimum absolute atomic E-state index is 1.11. The van der Waals surface area contributed by atoms with Crippen LogP contribution in [-0.4, -0.2) is 4.57 Å². The van der Waals surface area contributed by atoms with E-state index in [-0.39, 0.29) is 0 Å². The predicted molar refractivity (Wildman–Crippen MR) is 165 cm³/mol. The Balaban J connectivity index is 1.35. The fourth-order valence-electron chi connectivity index (χ4n) is 5.43. The Bertz CT molecular complexity index is 1910. The Morgan fingerprint density at radius 3 is 1.84 bits per heavy atom. The number of halogens is 1. The normalized spacial score (nSPS) is 11.3. The lowest BCUT2D eigenvalue weighted by Gasteiger charge is -2.10. The third-order valence-electron chi connectivity index (χ3n) is 7.29. The van der Waals surface area contributed by atoms with Crippen LogP contribution in [0.2, 0.25) is 0 Å². The zero-order valence-electron chi connectivity index (χ0n) is 20.7. The molecule has 0 aliphatic carbocycles. The Kier molecular flexibility index (Phi) is 5.68. The van der Waals surface area contributed by atoms with Crippen LogP contribution in [0.1, 0.15) is 0 Å². The largest absolute Gasteiger partial charge is 0.309 e. The molecule has 0 saturated heterocycles. The number of rotatable bonds is 4. The maximum atomic E-state index is 3.71. The SMILES string of the molecule is Brc1ccccc1-c1cccc(-c2ccc3c(c2)c2ccccc2n3-c2ccc(-c3ccccc3)cc2)c1. The van der Waals surface area contributed by atoms with Crippen LogP contribution in [0.4, 0.5) is 0 Å². The molecule has 0 N–H and O–H groups in total. The maximum absolute atomic E-state index is 3.71. The summed E-state index contributed by atoms with van der Waals surface area (Å²) in [5, 5.41) is 2.52. The predicted octanol–water partition coefficient (Wildman–Crippen LogP) is 10.5. The fraction of sp³-hybridized carbons (Fsp3) is 0. The van der Waals surface area contributed by atoms with Crippen LogP contribution in [0.3, 0.4) is 0 Å². The van der Waals surface area contributed by atoms with Gasteiger partial charge in [0.15, 0.2) is 0 Å². The van der Waals surface area contributed by atoms with Crippen molar-refractivity contribution in [1.29, 1.82) is 0 Å². The topological polar surface area (TPSA) is 4.93 Å². The molecule has 0 unspecified atom stereocenters. The molecule has 1 aromatic heterocycles. The zero-order chi connectivity index (χ0) is 25.5. The van der Waals surface area contributed by atoms with Crippen LogP contribution >= 0.6 is 15.9 Å². The van der Waals surface area contributed by atoms with E-state index in [1.54, 1.807) is 0 Å². The smallest absolute Gasteiger partial charge is 0.0541 e. The minimum Gasteiger partial charge on any atom is -0.309 e. The number of fused-ring (bicyclic) bond motifs is 3. The maximum Gasteiger partial charge on any atom is 0.0541 e. The van der Waals surface area contributed by atoms with Gasteiger partial charge in [-0.1, -0.05) is 119 Å². The van der Waals surface area contributed by atoms with E-state index >= 15 is 0 Å². The van der Waals surface area contributed by atoms with Gasteiger partial charge in [-0.25, -0.2) is 0 Å². The molecule has 0 amide bonds. The molecule has 0 radical (unpaired) electrons. The summed E-state index contributed by atoms with van der Waals surface area (Å²) in [5.41, 5.74) is 10.9. The highest BCUT2D eigenvalue weighted by Gasteiger charge is 2.14. The second-order valence-electron chi connectivity index (χ2n) is 9.56. The summed E-state index contributed by atoms with van der Waals surface area (Å²) in [7, 11) is 0. The molecule has 2 heteroatoms. The van der Waals surface area contributed by atoms with Gasteiger partial charge in [0.1, 0.15) is 0 Å². The average molecular weight is 550 g/mol. The molecule has 0 aliphatic rings. The number of para-hydroxylation sites is 1. The highest BCUT2D eigenvalue weighted by atomic mass is 79.9. The van der Waals surface area contributed by atoms with Gasteiger partial charge < -0.3 is 4.57 Å². The Hall–Kier alpha value is -4.40. The summed E-state index contributed by atoms with van der Waals surface area (Å²) in [6.45, 7) is 0. The molecular weight excluding hydrogens is 526 g/mol. The van der Waals surface area contributed by atoms with Crippen molar-refractivity contribution in [2.75, 3.05) is 0 Å². The zero-order valence-corrected chi connectivity index (χ0v) is 22.3. The molecule has 38 heavy (non-hydrogen) atoms. The van der Waals surface area contributed by atoms with Crippen LogP contribution in [-0.2, 0) is 0 Å².